The van der Waals surface area contributed by atoms with Crippen LogP contribution < -0.4 is 26.0 Å². The second kappa shape index (κ2) is 15.6. The molecule has 2 aliphatic rings. The number of anilines is 4. The van der Waals surface area contributed by atoms with Gasteiger partial charge < -0.3 is 55.6 Å². The van der Waals surface area contributed by atoms with Crippen LogP contribution in [0.15, 0.2) is 24.3 Å². The molecule has 241 valence electrons. The van der Waals surface area contributed by atoms with Gasteiger partial charge in [-0.25, -0.2) is 9.97 Å². The number of nitrogens with zero attached hydrogens (tertiary/aromatic N) is 8. The van der Waals surface area contributed by atoms with Crippen molar-refractivity contribution in [2.45, 2.75) is 20.1 Å². The van der Waals surface area contributed by atoms with Gasteiger partial charge in [0.1, 0.15) is 17.4 Å². The van der Waals surface area contributed by atoms with Gasteiger partial charge >= 0.3 is 0 Å². The Morgan fingerprint density at radius 1 is 0.717 bits per heavy atom. The Labute approximate surface area is 291 Å². The summed E-state index contributed by atoms with van der Waals surface area (Å²) in [5.41, 5.74) is 15.7. The number of rotatable bonds is 7. The van der Waals surface area contributed by atoms with Crippen LogP contribution in [0.1, 0.15) is 16.7 Å². The second-order valence-corrected chi connectivity index (χ2v) is 10.7. The number of aliphatic hydroxyl groups is 2. The quantitative estimate of drug-likeness (QED) is 0.189. The zero-order valence-corrected chi connectivity index (χ0v) is 28.6. The predicted octanol–water partition coefficient (Wildman–Crippen LogP) is 0.102. The SMILES string of the molecule is COc1cc2nc(N3CCN([C-]=O)CC3)nc(N)c2cc1C.Nc1nc(N2CCN([C-]=O)CC2)nc2cc(CO)c(CO)cc12.[Y]. The summed E-state index contributed by atoms with van der Waals surface area (Å²) in [6, 6.07) is 7.24. The molecule has 46 heavy (non-hydrogen) atoms. The van der Waals surface area contributed by atoms with Crippen molar-refractivity contribution < 1.29 is 57.2 Å². The van der Waals surface area contributed by atoms with Gasteiger partial charge in [-0.3, -0.25) is 0 Å². The number of aryl methyl sites for hydroxylation is 1. The molecular weight excluding hydrogens is 669 g/mol. The summed E-state index contributed by atoms with van der Waals surface area (Å²) in [6.45, 7) is 6.52. The van der Waals surface area contributed by atoms with E-state index in [-0.39, 0.29) is 45.9 Å². The average molecular weight is 706 g/mol. The molecule has 0 saturated carbocycles. The van der Waals surface area contributed by atoms with E-state index in [4.69, 9.17) is 16.2 Å². The molecule has 0 atom stereocenters. The van der Waals surface area contributed by atoms with Crippen molar-refractivity contribution in [2.24, 2.45) is 0 Å². The minimum atomic E-state index is -0.183. The third-order valence-electron chi connectivity index (χ3n) is 7.99. The van der Waals surface area contributed by atoms with Crippen LogP contribution in [0.2, 0.25) is 0 Å². The minimum absolute atomic E-state index is 0. The second-order valence-electron chi connectivity index (χ2n) is 10.7. The van der Waals surface area contributed by atoms with Crippen LogP contribution in [-0.4, -0.2) is 112 Å². The molecule has 4 heterocycles. The van der Waals surface area contributed by atoms with Gasteiger partial charge in [0.25, 0.3) is 0 Å². The van der Waals surface area contributed by atoms with Crippen LogP contribution in [-0.2, 0) is 55.5 Å². The number of ether oxygens (including phenoxy) is 1. The van der Waals surface area contributed by atoms with Crippen molar-refractivity contribution in [2.75, 3.05) is 80.7 Å². The van der Waals surface area contributed by atoms with Crippen molar-refractivity contribution >= 4 is 58.2 Å². The maximum Gasteiger partial charge on any atom is 0.228 e. The summed E-state index contributed by atoms with van der Waals surface area (Å²) in [5, 5.41) is 20.3. The Hall–Kier alpha value is -3.92. The number of hydrogen-bond donors (Lipinski definition) is 4. The summed E-state index contributed by atoms with van der Waals surface area (Å²) >= 11 is 0. The van der Waals surface area contributed by atoms with Gasteiger partial charge in [0, 0.05) is 102 Å². The molecule has 2 aliphatic heterocycles. The number of piperazine rings is 2. The van der Waals surface area contributed by atoms with Crippen molar-refractivity contribution in [1.29, 1.82) is 0 Å². The Morgan fingerprint density at radius 3 is 1.59 bits per heavy atom. The van der Waals surface area contributed by atoms with Gasteiger partial charge in [-0.05, 0) is 41.8 Å². The molecule has 6 N–H and O–H groups in total. The molecule has 15 nitrogen and oxygen atoms in total. The molecule has 0 unspecified atom stereocenters. The Balaban J connectivity index is 0.000000205. The number of fused-ring (bicyclic) bond motifs is 2. The van der Waals surface area contributed by atoms with Crippen LogP contribution in [0.3, 0.4) is 0 Å². The standard InChI is InChI=1S/C15H18N5O3.C15H18N5O2.Y/c16-14-12-5-10(7-21)11(8-22)6-13(12)17-15(18-14)20-3-1-19(9-23)2-4-20;1-10-7-11-12(8-13(10)22-2)17-15(18-14(11)16)20-5-3-19(9-21)4-6-20;/h5-6,21-22H,1-4,7-8H2,(H2,16,17,18);7-8H,3-6H2,1-2H3,(H2,16,17,18);/q2*-1;. The molecule has 1 radical (unpaired) electrons. The Kier molecular flexibility index (Phi) is 11.8. The molecule has 2 aromatic heterocycles. The first-order chi connectivity index (χ1) is 21.8. The first-order valence-electron chi connectivity index (χ1n) is 14.5. The van der Waals surface area contributed by atoms with Crippen LogP contribution >= 0.6 is 0 Å². The van der Waals surface area contributed by atoms with Gasteiger partial charge in [0.15, 0.2) is 0 Å². The van der Waals surface area contributed by atoms with Crippen molar-refractivity contribution in [3.8, 4) is 5.75 Å². The fourth-order valence-corrected chi connectivity index (χ4v) is 5.34. The minimum Gasteiger partial charge on any atom is -0.520 e. The van der Waals surface area contributed by atoms with E-state index in [9.17, 15) is 19.8 Å². The van der Waals surface area contributed by atoms with Crippen LogP contribution in [0.5, 0.6) is 5.75 Å². The number of nitrogen functional groups attached to an aromatic ring is 2. The van der Waals surface area contributed by atoms with E-state index in [1.54, 1.807) is 29.0 Å². The molecule has 0 bridgehead atoms. The zero-order chi connectivity index (χ0) is 32.1. The van der Waals surface area contributed by atoms with Crippen LogP contribution in [0.25, 0.3) is 21.8 Å². The third kappa shape index (κ3) is 7.55. The zero-order valence-electron chi connectivity index (χ0n) is 25.8. The number of hydrogen-bond acceptors (Lipinski definition) is 13. The number of benzene rings is 2. The fraction of sp³-hybridized carbons (Fsp3) is 0.400. The van der Waals surface area contributed by atoms with Crippen LogP contribution in [0.4, 0.5) is 23.5 Å². The average Bonchev–Trinajstić information content (AvgIpc) is 3.08. The summed E-state index contributed by atoms with van der Waals surface area (Å²) in [7, 11) is 1.63. The Morgan fingerprint density at radius 2 is 1.15 bits per heavy atom. The number of aromatic nitrogens is 4. The van der Waals surface area contributed by atoms with E-state index < -0.39 is 0 Å². The van der Waals surface area contributed by atoms with E-state index in [0.29, 0.717) is 97.9 Å². The number of carbonyl (C=O) groups excluding carboxylic acids is 2. The maximum atomic E-state index is 10.7. The van der Waals surface area contributed by atoms with E-state index in [1.807, 2.05) is 41.7 Å². The number of methoxy groups -OCH3 is 1. The molecule has 2 amide bonds. The third-order valence-corrected chi connectivity index (χ3v) is 7.99. The molecule has 2 aromatic carbocycles. The smallest absolute Gasteiger partial charge is 0.228 e. The number of nitrogens with two attached hydrogens (primary N) is 2. The van der Waals surface area contributed by atoms with Crippen molar-refractivity contribution in [3.05, 3.63) is 41.0 Å². The van der Waals surface area contributed by atoms with E-state index >= 15 is 0 Å². The fourth-order valence-electron chi connectivity index (χ4n) is 5.34. The first kappa shape index (κ1) is 34.9. The van der Waals surface area contributed by atoms with Crippen molar-refractivity contribution in [1.82, 2.24) is 29.7 Å². The molecule has 6 rings (SSSR count). The summed E-state index contributed by atoms with van der Waals surface area (Å²) in [6.07, 6.45) is 3.80. The molecule has 2 saturated heterocycles. The molecular formula is C30H36N10O5Y-2. The molecule has 0 spiro atoms. The van der Waals surface area contributed by atoms with Crippen molar-refractivity contribution in [3.63, 3.8) is 0 Å². The molecule has 0 aliphatic carbocycles. The molecule has 2 fully saturated rings. The maximum absolute atomic E-state index is 10.7. The van der Waals surface area contributed by atoms with E-state index in [2.05, 4.69) is 19.9 Å². The summed E-state index contributed by atoms with van der Waals surface area (Å²) < 4.78 is 5.34. The van der Waals surface area contributed by atoms with Gasteiger partial charge in [0.05, 0.1) is 31.4 Å². The van der Waals surface area contributed by atoms with Gasteiger partial charge in [0.2, 0.25) is 11.9 Å². The normalized spacial score (nSPS) is 14.9. The summed E-state index contributed by atoms with van der Waals surface area (Å²) in [4.78, 5) is 46.3. The number of amides is 2. The molecule has 16 heteroatoms. The van der Waals surface area contributed by atoms with E-state index in [0.717, 1.165) is 22.2 Å². The largest absolute Gasteiger partial charge is 0.520 e. The van der Waals surface area contributed by atoms with E-state index in [1.165, 1.54) is 0 Å². The first-order valence-corrected chi connectivity index (χ1v) is 14.5. The van der Waals surface area contributed by atoms with Gasteiger partial charge in [-0.2, -0.15) is 22.8 Å². The Bertz CT molecular complexity index is 1690. The van der Waals surface area contributed by atoms with Gasteiger partial charge in [-0.1, -0.05) is 0 Å². The number of aliphatic hydroxyl groups excluding tert-OH is 2. The monoisotopic (exact) mass is 705 g/mol. The summed E-state index contributed by atoms with van der Waals surface area (Å²) in [5.74, 6) is 2.64. The van der Waals surface area contributed by atoms with Crippen LogP contribution in [0, 0.1) is 6.92 Å². The topological polar surface area (TPSA) is 200 Å². The van der Waals surface area contributed by atoms with Gasteiger partial charge in [-0.15, -0.1) is 0 Å². The predicted molar refractivity (Wildman–Crippen MR) is 170 cm³/mol. The molecule has 4 aromatic rings.